The molecule has 0 unspecified atom stereocenters. The second-order valence-electron chi connectivity index (χ2n) is 8.86. The molecule has 37 heavy (non-hydrogen) atoms. The molecule has 0 radical (unpaired) electrons. The number of nitrogens with zero attached hydrogens (tertiary/aromatic N) is 5. The SMILES string of the molecule is O=C(Nc1cc(Cl)c(Cl)nc1C1CCN(Cc2ccc(-c3ncc(Cl)cn3)cc2)CC1)c1ccncc1. The first-order chi connectivity index (χ1) is 18.0. The number of pyridine rings is 2. The Morgan fingerprint density at radius 2 is 1.65 bits per heavy atom. The number of halogens is 3. The van der Waals surface area contributed by atoms with E-state index in [0.29, 0.717) is 27.1 Å². The molecule has 1 aliphatic rings. The van der Waals surface area contributed by atoms with Gasteiger partial charge >= 0.3 is 0 Å². The van der Waals surface area contributed by atoms with Crippen LogP contribution in [0.2, 0.25) is 15.2 Å². The van der Waals surface area contributed by atoms with Crippen LogP contribution in [-0.2, 0) is 6.54 Å². The maximum Gasteiger partial charge on any atom is 0.255 e. The standard InChI is InChI=1S/C27H23Cl3N6O/c28-21-14-32-26(33-15-21)19-3-1-17(2-4-19)16-36-11-7-18(8-12-36)24-23(13-22(29)25(30)35-24)34-27(37)20-5-9-31-10-6-20/h1-6,9-10,13-15,18H,7-8,11-12,16H2,(H,34,37). The number of nitrogens with one attached hydrogen (secondary N) is 1. The van der Waals surface area contributed by atoms with E-state index in [-0.39, 0.29) is 17.0 Å². The monoisotopic (exact) mass is 552 g/mol. The minimum Gasteiger partial charge on any atom is -0.320 e. The van der Waals surface area contributed by atoms with Crippen LogP contribution < -0.4 is 5.32 Å². The minimum absolute atomic E-state index is 0.156. The third-order valence-corrected chi connectivity index (χ3v) is 7.23. The van der Waals surface area contributed by atoms with E-state index in [9.17, 15) is 4.79 Å². The molecule has 3 aromatic heterocycles. The van der Waals surface area contributed by atoms with Gasteiger partial charge in [0.1, 0.15) is 5.15 Å². The summed E-state index contributed by atoms with van der Waals surface area (Å²) in [5.41, 5.74) is 4.04. The normalized spacial score (nSPS) is 14.5. The first-order valence-corrected chi connectivity index (χ1v) is 13.0. The summed E-state index contributed by atoms with van der Waals surface area (Å²) in [5.74, 6) is 0.564. The molecule has 5 rings (SSSR count). The van der Waals surface area contributed by atoms with Gasteiger partial charge in [-0.3, -0.25) is 14.7 Å². The minimum atomic E-state index is -0.242. The van der Waals surface area contributed by atoms with E-state index >= 15 is 0 Å². The lowest BCUT2D eigenvalue weighted by Crippen LogP contribution is -2.33. The van der Waals surface area contributed by atoms with Crippen molar-refractivity contribution < 1.29 is 4.79 Å². The Morgan fingerprint density at radius 1 is 0.973 bits per heavy atom. The molecule has 0 atom stereocenters. The van der Waals surface area contributed by atoms with Crippen molar-refractivity contribution in [3.05, 3.63) is 99.3 Å². The summed E-state index contributed by atoms with van der Waals surface area (Å²) < 4.78 is 0. The second-order valence-corrected chi connectivity index (χ2v) is 10.1. The molecular weight excluding hydrogens is 531 g/mol. The molecule has 1 aromatic carbocycles. The van der Waals surface area contributed by atoms with Crippen molar-refractivity contribution in [2.24, 2.45) is 0 Å². The molecular formula is C27H23Cl3N6O. The summed E-state index contributed by atoms with van der Waals surface area (Å²) in [7, 11) is 0. The van der Waals surface area contributed by atoms with Crippen molar-refractivity contribution in [1.29, 1.82) is 0 Å². The first-order valence-electron chi connectivity index (χ1n) is 11.8. The van der Waals surface area contributed by atoms with Crippen LogP contribution in [0, 0.1) is 0 Å². The fraction of sp³-hybridized carbons (Fsp3) is 0.222. The lowest BCUT2D eigenvalue weighted by atomic mass is 9.91. The number of piperidine rings is 1. The maximum atomic E-state index is 12.8. The molecule has 4 aromatic rings. The van der Waals surface area contributed by atoms with Gasteiger partial charge in [0.05, 0.1) is 21.4 Å². The number of rotatable bonds is 6. The molecule has 10 heteroatoms. The number of hydrogen-bond donors (Lipinski definition) is 1. The van der Waals surface area contributed by atoms with Gasteiger partial charge in [-0.15, -0.1) is 0 Å². The number of carbonyl (C=O) groups excluding carboxylic acids is 1. The van der Waals surface area contributed by atoms with Crippen LogP contribution >= 0.6 is 34.8 Å². The average molecular weight is 554 g/mol. The van der Waals surface area contributed by atoms with Crippen LogP contribution in [0.5, 0.6) is 0 Å². The van der Waals surface area contributed by atoms with E-state index in [1.165, 1.54) is 5.56 Å². The van der Waals surface area contributed by atoms with Gasteiger partial charge in [-0.2, -0.15) is 0 Å². The maximum absolute atomic E-state index is 12.8. The van der Waals surface area contributed by atoms with E-state index in [4.69, 9.17) is 34.8 Å². The quantitative estimate of drug-likeness (QED) is 0.274. The largest absolute Gasteiger partial charge is 0.320 e. The Labute approximate surface area is 229 Å². The summed E-state index contributed by atoms with van der Waals surface area (Å²) in [6.45, 7) is 2.63. The number of likely N-dealkylation sites (tertiary alicyclic amines) is 1. The molecule has 188 valence electrons. The Balaban J connectivity index is 1.23. The van der Waals surface area contributed by atoms with E-state index in [2.05, 4.69) is 42.3 Å². The van der Waals surface area contributed by atoms with E-state index in [1.54, 1.807) is 43.0 Å². The van der Waals surface area contributed by atoms with Crippen molar-refractivity contribution in [1.82, 2.24) is 24.8 Å². The van der Waals surface area contributed by atoms with Gasteiger partial charge in [0, 0.05) is 48.4 Å². The Bertz CT molecular complexity index is 1380. The van der Waals surface area contributed by atoms with Crippen LogP contribution in [0.4, 0.5) is 5.69 Å². The molecule has 0 bridgehead atoms. The summed E-state index contributed by atoms with van der Waals surface area (Å²) in [4.78, 5) is 32.3. The molecule has 7 nitrogen and oxygen atoms in total. The zero-order valence-electron chi connectivity index (χ0n) is 19.7. The molecule has 0 aliphatic carbocycles. The van der Waals surface area contributed by atoms with Crippen LogP contribution in [0.25, 0.3) is 11.4 Å². The number of anilines is 1. The van der Waals surface area contributed by atoms with Crippen molar-refractivity contribution in [2.75, 3.05) is 18.4 Å². The van der Waals surface area contributed by atoms with Crippen molar-refractivity contribution >= 4 is 46.4 Å². The molecule has 1 amide bonds. The fourth-order valence-corrected chi connectivity index (χ4v) is 4.83. The topological polar surface area (TPSA) is 83.9 Å². The number of amides is 1. The number of aromatic nitrogens is 4. The zero-order valence-corrected chi connectivity index (χ0v) is 22.0. The summed E-state index contributed by atoms with van der Waals surface area (Å²) in [5, 5.41) is 4.03. The molecule has 1 N–H and O–H groups in total. The Kier molecular flexibility index (Phi) is 7.96. The lowest BCUT2D eigenvalue weighted by molar-refractivity contribution is 0.102. The van der Waals surface area contributed by atoms with Crippen molar-refractivity contribution in [2.45, 2.75) is 25.3 Å². The summed E-state index contributed by atoms with van der Waals surface area (Å²) in [6, 6.07) is 13.3. The van der Waals surface area contributed by atoms with Gasteiger partial charge in [0.2, 0.25) is 0 Å². The van der Waals surface area contributed by atoms with Crippen LogP contribution in [0.1, 0.15) is 40.4 Å². The highest BCUT2D eigenvalue weighted by Gasteiger charge is 2.26. The van der Waals surface area contributed by atoms with Gasteiger partial charge in [0.15, 0.2) is 5.82 Å². The van der Waals surface area contributed by atoms with E-state index in [1.807, 2.05) is 12.1 Å². The fourth-order valence-electron chi connectivity index (χ4n) is 4.43. The van der Waals surface area contributed by atoms with Crippen LogP contribution in [-0.4, -0.2) is 43.8 Å². The third-order valence-electron chi connectivity index (χ3n) is 6.37. The first kappa shape index (κ1) is 25.5. The van der Waals surface area contributed by atoms with Crippen LogP contribution in [0.15, 0.2) is 67.3 Å². The van der Waals surface area contributed by atoms with Gasteiger partial charge in [-0.25, -0.2) is 15.0 Å². The highest BCUT2D eigenvalue weighted by Crippen LogP contribution is 2.36. The highest BCUT2D eigenvalue weighted by molar-refractivity contribution is 6.41. The number of carbonyl (C=O) groups is 1. The van der Waals surface area contributed by atoms with Crippen molar-refractivity contribution in [3.8, 4) is 11.4 Å². The molecule has 1 fully saturated rings. The van der Waals surface area contributed by atoms with E-state index < -0.39 is 0 Å². The lowest BCUT2D eigenvalue weighted by Gasteiger charge is -2.32. The van der Waals surface area contributed by atoms with E-state index in [0.717, 1.165) is 43.7 Å². The smallest absolute Gasteiger partial charge is 0.255 e. The highest BCUT2D eigenvalue weighted by atomic mass is 35.5. The summed E-state index contributed by atoms with van der Waals surface area (Å²) >= 11 is 18.4. The summed E-state index contributed by atoms with van der Waals surface area (Å²) in [6.07, 6.45) is 8.14. The molecule has 4 heterocycles. The predicted octanol–water partition coefficient (Wildman–Crippen LogP) is 6.53. The Hall–Kier alpha value is -3.10. The average Bonchev–Trinajstić information content (AvgIpc) is 2.92. The molecule has 0 spiro atoms. The third kappa shape index (κ3) is 6.25. The predicted molar refractivity (Wildman–Crippen MR) is 146 cm³/mol. The van der Waals surface area contributed by atoms with Gasteiger partial charge < -0.3 is 5.32 Å². The molecule has 1 aliphatic heterocycles. The van der Waals surface area contributed by atoms with Gasteiger partial charge in [0.25, 0.3) is 5.91 Å². The molecule has 1 saturated heterocycles. The Morgan fingerprint density at radius 3 is 2.32 bits per heavy atom. The second kappa shape index (κ2) is 11.5. The van der Waals surface area contributed by atoms with Crippen molar-refractivity contribution in [3.63, 3.8) is 0 Å². The number of benzene rings is 1. The van der Waals surface area contributed by atoms with Gasteiger partial charge in [-0.1, -0.05) is 59.1 Å². The van der Waals surface area contributed by atoms with Crippen LogP contribution in [0.3, 0.4) is 0 Å². The van der Waals surface area contributed by atoms with Gasteiger partial charge in [-0.05, 0) is 49.7 Å². The number of hydrogen-bond acceptors (Lipinski definition) is 6. The zero-order chi connectivity index (χ0) is 25.8. The molecule has 0 saturated carbocycles.